The molecule has 4 heteroatoms. The van der Waals surface area contributed by atoms with Crippen LogP contribution in [-0.4, -0.2) is 23.7 Å². The first-order valence-corrected chi connectivity index (χ1v) is 4.44. The van der Waals surface area contributed by atoms with Gasteiger partial charge in [0.15, 0.2) is 0 Å². The lowest BCUT2D eigenvalue weighted by Crippen LogP contribution is -2.40. The van der Waals surface area contributed by atoms with E-state index in [0.29, 0.717) is 0 Å². The Morgan fingerprint density at radius 3 is 2.58 bits per heavy atom. The molecule has 3 nitrogen and oxygen atoms in total. The standard InChI is InChI=1S/C8H12BrNO2/c1-6(2)7(5-11)10-8(12)3-4-9/h6-7,11H,5H2,1-2H3,(H,10,12). The Labute approximate surface area is 80.7 Å². The van der Waals surface area contributed by atoms with Gasteiger partial charge >= 0.3 is 0 Å². The van der Waals surface area contributed by atoms with Gasteiger partial charge in [-0.2, -0.15) is 0 Å². The van der Waals surface area contributed by atoms with Crippen molar-refractivity contribution in [3.8, 4) is 10.8 Å². The van der Waals surface area contributed by atoms with Gasteiger partial charge in [-0.05, 0) is 10.7 Å². The third-order valence-electron chi connectivity index (χ3n) is 1.48. The van der Waals surface area contributed by atoms with Crippen LogP contribution in [0.15, 0.2) is 0 Å². The zero-order chi connectivity index (χ0) is 9.56. The zero-order valence-electron chi connectivity index (χ0n) is 7.10. The fourth-order valence-corrected chi connectivity index (χ4v) is 0.851. The summed E-state index contributed by atoms with van der Waals surface area (Å²) >= 11 is 2.81. The molecule has 0 aliphatic carbocycles. The van der Waals surface area contributed by atoms with Crippen LogP contribution in [0.4, 0.5) is 0 Å². The number of hydrogen-bond donors (Lipinski definition) is 2. The normalized spacial score (nSPS) is 11.8. The van der Waals surface area contributed by atoms with E-state index in [4.69, 9.17) is 5.11 Å². The smallest absolute Gasteiger partial charge is 0.297 e. The molecule has 68 valence electrons. The number of aliphatic hydroxyl groups is 1. The minimum Gasteiger partial charge on any atom is -0.394 e. The molecular formula is C8H12BrNO2. The van der Waals surface area contributed by atoms with E-state index in [1.165, 1.54) is 0 Å². The molecule has 0 radical (unpaired) electrons. The third-order valence-corrected chi connectivity index (χ3v) is 1.68. The van der Waals surface area contributed by atoms with Crippen LogP contribution < -0.4 is 5.32 Å². The highest BCUT2D eigenvalue weighted by atomic mass is 79.9. The first kappa shape index (κ1) is 11.5. The fourth-order valence-electron chi connectivity index (χ4n) is 0.671. The van der Waals surface area contributed by atoms with Crippen molar-refractivity contribution in [1.82, 2.24) is 5.32 Å². The Bertz CT molecular complexity index is 205. The van der Waals surface area contributed by atoms with Crippen molar-refractivity contribution in [1.29, 1.82) is 0 Å². The molecule has 0 aliphatic rings. The predicted octanol–water partition coefficient (Wildman–Crippen LogP) is 0.475. The molecule has 0 aromatic heterocycles. The topological polar surface area (TPSA) is 49.3 Å². The van der Waals surface area contributed by atoms with E-state index in [-0.39, 0.29) is 24.5 Å². The van der Waals surface area contributed by atoms with Crippen LogP contribution >= 0.6 is 15.9 Å². The Balaban J connectivity index is 4.00. The highest BCUT2D eigenvalue weighted by Crippen LogP contribution is 1.99. The van der Waals surface area contributed by atoms with Crippen molar-refractivity contribution in [2.75, 3.05) is 6.61 Å². The fraction of sp³-hybridized carbons (Fsp3) is 0.625. The zero-order valence-corrected chi connectivity index (χ0v) is 8.68. The van der Waals surface area contributed by atoms with Crippen molar-refractivity contribution in [2.45, 2.75) is 19.9 Å². The average molecular weight is 234 g/mol. The van der Waals surface area contributed by atoms with Gasteiger partial charge < -0.3 is 10.4 Å². The van der Waals surface area contributed by atoms with Gasteiger partial charge in [0.25, 0.3) is 5.91 Å². The lowest BCUT2D eigenvalue weighted by Gasteiger charge is -2.17. The van der Waals surface area contributed by atoms with Gasteiger partial charge in [0.2, 0.25) is 0 Å². The highest BCUT2D eigenvalue weighted by molar-refractivity contribution is 9.12. The molecule has 12 heavy (non-hydrogen) atoms. The second kappa shape index (κ2) is 6.04. The quantitative estimate of drug-likeness (QED) is 0.697. The number of amides is 1. The minimum atomic E-state index is -0.375. The van der Waals surface area contributed by atoms with Gasteiger partial charge in [-0.15, -0.1) is 0 Å². The molecule has 0 spiro atoms. The molecule has 0 rings (SSSR count). The monoisotopic (exact) mass is 233 g/mol. The molecular weight excluding hydrogens is 222 g/mol. The van der Waals surface area contributed by atoms with Crippen molar-refractivity contribution in [2.24, 2.45) is 5.92 Å². The van der Waals surface area contributed by atoms with Gasteiger partial charge in [0.05, 0.1) is 12.6 Å². The molecule has 1 unspecified atom stereocenters. The van der Waals surface area contributed by atoms with Crippen LogP contribution in [0.3, 0.4) is 0 Å². The first-order chi connectivity index (χ1) is 5.61. The summed E-state index contributed by atoms with van der Waals surface area (Å²) < 4.78 is 0. The number of aliphatic hydroxyl groups excluding tert-OH is 1. The van der Waals surface area contributed by atoms with Gasteiger partial charge in [0.1, 0.15) is 0 Å². The van der Waals surface area contributed by atoms with Crippen LogP contribution in [0.1, 0.15) is 13.8 Å². The Morgan fingerprint density at radius 2 is 2.25 bits per heavy atom. The van der Waals surface area contributed by atoms with Crippen LogP contribution in [0.25, 0.3) is 0 Å². The van der Waals surface area contributed by atoms with Crippen molar-refractivity contribution < 1.29 is 9.90 Å². The molecule has 0 aromatic rings. The van der Waals surface area contributed by atoms with Crippen LogP contribution in [-0.2, 0) is 4.79 Å². The number of carbonyl (C=O) groups is 1. The van der Waals surface area contributed by atoms with E-state index < -0.39 is 0 Å². The van der Waals surface area contributed by atoms with Crippen LogP contribution in [0, 0.1) is 16.7 Å². The number of hydrogen-bond acceptors (Lipinski definition) is 2. The molecule has 0 aliphatic heterocycles. The van der Waals surface area contributed by atoms with Crippen LogP contribution in [0.5, 0.6) is 0 Å². The molecule has 0 bridgehead atoms. The Hall–Kier alpha value is -0.530. The summed E-state index contributed by atoms with van der Waals surface area (Å²) in [5.74, 6) is 2.10. The van der Waals surface area contributed by atoms with E-state index in [0.717, 1.165) is 0 Å². The van der Waals surface area contributed by atoms with Gasteiger partial charge in [-0.3, -0.25) is 4.79 Å². The maximum Gasteiger partial charge on any atom is 0.297 e. The predicted molar refractivity (Wildman–Crippen MR) is 50.6 cm³/mol. The molecule has 0 fully saturated rings. The van der Waals surface area contributed by atoms with E-state index in [1.807, 2.05) is 13.8 Å². The van der Waals surface area contributed by atoms with Crippen molar-refractivity contribution in [3.05, 3.63) is 0 Å². The largest absolute Gasteiger partial charge is 0.394 e. The molecule has 0 heterocycles. The molecule has 1 amide bonds. The minimum absolute atomic E-state index is 0.0621. The van der Waals surface area contributed by atoms with E-state index in [2.05, 4.69) is 32.0 Å². The maximum atomic E-state index is 10.9. The van der Waals surface area contributed by atoms with E-state index in [9.17, 15) is 4.79 Å². The van der Waals surface area contributed by atoms with E-state index >= 15 is 0 Å². The third kappa shape index (κ3) is 4.37. The van der Waals surface area contributed by atoms with Crippen LogP contribution in [0.2, 0.25) is 0 Å². The van der Waals surface area contributed by atoms with Gasteiger partial charge in [-0.1, -0.05) is 13.8 Å². The SMILES string of the molecule is CC(C)C(CO)NC(=O)C#CBr. The summed E-state index contributed by atoms with van der Waals surface area (Å²) in [5, 5.41) is 11.4. The molecule has 0 saturated carbocycles. The lowest BCUT2D eigenvalue weighted by atomic mass is 10.1. The van der Waals surface area contributed by atoms with E-state index in [1.54, 1.807) is 0 Å². The number of rotatable bonds is 3. The summed E-state index contributed by atoms with van der Waals surface area (Å²) in [5.41, 5.74) is 0. The second-order valence-electron chi connectivity index (χ2n) is 2.73. The molecule has 1 atom stereocenters. The molecule has 0 saturated heterocycles. The lowest BCUT2D eigenvalue weighted by molar-refractivity contribution is -0.117. The van der Waals surface area contributed by atoms with Gasteiger partial charge in [0, 0.05) is 21.9 Å². The summed E-state index contributed by atoms with van der Waals surface area (Å²) in [7, 11) is 0. The number of nitrogens with one attached hydrogen (secondary N) is 1. The number of halogens is 1. The summed E-state index contributed by atoms with van der Waals surface area (Å²) in [6.45, 7) is 3.78. The number of carbonyl (C=O) groups excluding carboxylic acids is 1. The highest BCUT2D eigenvalue weighted by Gasteiger charge is 2.13. The first-order valence-electron chi connectivity index (χ1n) is 3.64. The average Bonchev–Trinajstić information content (AvgIpc) is 2.00. The summed E-state index contributed by atoms with van der Waals surface area (Å²) in [4.78, 5) is 13.2. The van der Waals surface area contributed by atoms with Gasteiger partial charge in [-0.25, -0.2) is 0 Å². The van der Waals surface area contributed by atoms with Crippen molar-refractivity contribution >= 4 is 21.8 Å². The Kier molecular flexibility index (Phi) is 5.77. The molecule has 2 N–H and O–H groups in total. The summed E-state index contributed by atoms with van der Waals surface area (Å²) in [6, 6.07) is -0.217. The summed E-state index contributed by atoms with van der Waals surface area (Å²) in [6.07, 6.45) is 0. The Morgan fingerprint density at radius 1 is 1.67 bits per heavy atom. The maximum absolute atomic E-state index is 10.9. The van der Waals surface area contributed by atoms with Crippen molar-refractivity contribution in [3.63, 3.8) is 0 Å². The second-order valence-corrected chi connectivity index (χ2v) is 3.12. The molecule has 0 aromatic carbocycles.